The first kappa shape index (κ1) is 16.1. The molecule has 4 fully saturated rings. The van der Waals surface area contributed by atoms with Gasteiger partial charge in [0.25, 0.3) is 0 Å². The van der Waals surface area contributed by atoms with Crippen molar-refractivity contribution in [2.75, 3.05) is 13.7 Å². The summed E-state index contributed by atoms with van der Waals surface area (Å²) in [5, 5.41) is 0. The van der Waals surface area contributed by atoms with E-state index in [4.69, 9.17) is 4.74 Å². The third-order valence-electron chi connectivity index (χ3n) is 8.71. The smallest absolute Gasteiger partial charge is 0.139 e. The third-order valence-corrected chi connectivity index (χ3v) is 8.71. The van der Waals surface area contributed by atoms with Crippen molar-refractivity contribution in [3.8, 4) is 0 Å². The summed E-state index contributed by atoms with van der Waals surface area (Å²) < 4.78 is 5.46. The van der Waals surface area contributed by atoms with Gasteiger partial charge in [-0.1, -0.05) is 13.8 Å². The second-order valence-electron chi connectivity index (χ2n) is 9.75. The topological polar surface area (TPSA) is 26.3 Å². The van der Waals surface area contributed by atoms with Crippen molar-refractivity contribution in [3.63, 3.8) is 0 Å². The van der Waals surface area contributed by atoms with Gasteiger partial charge in [-0.2, -0.15) is 0 Å². The molecule has 23 heavy (non-hydrogen) atoms. The number of hydrogen-bond donors (Lipinski definition) is 0. The van der Waals surface area contributed by atoms with E-state index in [2.05, 4.69) is 13.8 Å². The van der Waals surface area contributed by atoms with Gasteiger partial charge in [-0.15, -0.1) is 0 Å². The fourth-order valence-electron chi connectivity index (χ4n) is 7.57. The summed E-state index contributed by atoms with van der Waals surface area (Å²) in [6.07, 6.45) is 11.4. The lowest BCUT2D eigenvalue weighted by atomic mass is 9.46. The van der Waals surface area contributed by atoms with Crippen LogP contribution >= 0.6 is 0 Å². The second-order valence-corrected chi connectivity index (χ2v) is 9.75. The fourth-order valence-corrected chi connectivity index (χ4v) is 7.57. The predicted octanol–water partition coefficient (Wildman–Crippen LogP) is 4.86. The number of carbonyl (C=O) groups is 1. The highest BCUT2D eigenvalue weighted by atomic mass is 16.5. The monoisotopic (exact) mass is 318 g/mol. The predicted molar refractivity (Wildman–Crippen MR) is 92.1 cm³/mol. The standard InChI is InChI=1S/C21H34O2/c1-20-10-8-16-15(17(20)5-4-14(12-20)13-23-3)9-11-21(2)18(16)6-7-19(21)22/h14-18H,4-13H2,1-3H3. The van der Waals surface area contributed by atoms with Gasteiger partial charge in [-0.05, 0) is 86.4 Å². The van der Waals surface area contributed by atoms with Crippen LogP contribution < -0.4 is 0 Å². The van der Waals surface area contributed by atoms with E-state index in [0.717, 1.165) is 36.7 Å². The molecule has 0 aromatic carbocycles. The number of hydrogen-bond acceptors (Lipinski definition) is 2. The zero-order valence-corrected chi connectivity index (χ0v) is 15.3. The van der Waals surface area contributed by atoms with Crippen LogP contribution in [0.3, 0.4) is 0 Å². The number of Topliss-reactive ketones (excluding diaryl/α,β-unsaturated/α-hetero) is 1. The van der Waals surface area contributed by atoms with Gasteiger partial charge < -0.3 is 4.74 Å². The highest BCUT2D eigenvalue weighted by Crippen LogP contribution is 2.64. The minimum atomic E-state index is 0.0438. The molecule has 0 saturated heterocycles. The molecule has 0 bridgehead atoms. The van der Waals surface area contributed by atoms with Crippen molar-refractivity contribution in [1.29, 1.82) is 0 Å². The van der Waals surface area contributed by atoms with E-state index >= 15 is 0 Å². The van der Waals surface area contributed by atoms with Crippen molar-refractivity contribution in [3.05, 3.63) is 0 Å². The summed E-state index contributed by atoms with van der Waals surface area (Å²) in [5.74, 6) is 4.72. The van der Waals surface area contributed by atoms with Gasteiger partial charge in [0.15, 0.2) is 0 Å². The number of carbonyl (C=O) groups excluding carboxylic acids is 1. The molecule has 0 aromatic rings. The Bertz CT molecular complexity index is 486. The molecular formula is C21H34O2. The molecule has 0 radical (unpaired) electrons. The molecule has 7 unspecified atom stereocenters. The second kappa shape index (κ2) is 5.58. The van der Waals surface area contributed by atoms with Gasteiger partial charge in [0.2, 0.25) is 0 Å². The Hall–Kier alpha value is -0.370. The van der Waals surface area contributed by atoms with Crippen molar-refractivity contribution in [2.24, 2.45) is 40.4 Å². The Morgan fingerprint density at radius 1 is 1.00 bits per heavy atom. The van der Waals surface area contributed by atoms with Crippen LogP contribution in [0.4, 0.5) is 0 Å². The highest BCUT2D eigenvalue weighted by Gasteiger charge is 2.59. The van der Waals surface area contributed by atoms with E-state index in [1.807, 2.05) is 7.11 Å². The van der Waals surface area contributed by atoms with Crippen LogP contribution in [0.5, 0.6) is 0 Å². The SMILES string of the molecule is COCC1CCC2C3CCC4(C)C(=O)CCC4C3CCC2(C)C1. The minimum absolute atomic E-state index is 0.0438. The fraction of sp³-hybridized carbons (Fsp3) is 0.952. The lowest BCUT2D eigenvalue weighted by molar-refractivity contribution is -0.137. The van der Waals surface area contributed by atoms with Gasteiger partial charge >= 0.3 is 0 Å². The van der Waals surface area contributed by atoms with E-state index in [0.29, 0.717) is 17.1 Å². The molecule has 4 saturated carbocycles. The van der Waals surface area contributed by atoms with Crippen molar-refractivity contribution in [2.45, 2.75) is 71.6 Å². The molecule has 2 heteroatoms. The first-order valence-electron chi connectivity index (χ1n) is 10.0. The molecule has 0 aromatic heterocycles. The zero-order valence-electron chi connectivity index (χ0n) is 15.3. The summed E-state index contributed by atoms with van der Waals surface area (Å²) in [6, 6.07) is 0. The molecule has 4 rings (SSSR count). The van der Waals surface area contributed by atoms with Crippen LogP contribution in [0.1, 0.15) is 71.6 Å². The number of ketones is 1. The Morgan fingerprint density at radius 2 is 1.74 bits per heavy atom. The lowest BCUT2D eigenvalue weighted by Crippen LogP contribution is -2.52. The first-order valence-corrected chi connectivity index (χ1v) is 10.0. The lowest BCUT2D eigenvalue weighted by Gasteiger charge is -2.59. The van der Waals surface area contributed by atoms with Crippen LogP contribution in [-0.4, -0.2) is 19.5 Å². The molecule has 2 nitrogen and oxygen atoms in total. The van der Waals surface area contributed by atoms with Gasteiger partial charge in [0.05, 0.1) is 0 Å². The van der Waals surface area contributed by atoms with Crippen molar-refractivity contribution < 1.29 is 9.53 Å². The number of methoxy groups -OCH3 is 1. The van der Waals surface area contributed by atoms with Crippen LogP contribution in [-0.2, 0) is 9.53 Å². The van der Waals surface area contributed by atoms with Gasteiger partial charge in [0, 0.05) is 25.6 Å². The van der Waals surface area contributed by atoms with E-state index in [9.17, 15) is 4.79 Å². The quantitative estimate of drug-likeness (QED) is 0.726. The van der Waals surface area contributed by atoms with Crippen LogP contribution in [0.2, 0.25) is 0 Å². The average Bonchev–Trinajstić information content (AvgIpc) is 2.82. The third kappa shape index (κ3) is 2.34. The number of ether oxygens (including phenoxy) is 1. The maximum Gasteiger partial charge on any atom is 0.139 e. The van der Waals surface area contributed by atoms with Gasteiger partial charge in [0.1, 0.15) is 5.78 Å². The molecule has 0 N–H and O–H groups in total. The Morgan fingerprint density at radius 3 is 2.52 bits per heavy atom. The van der Waals surface area contributed by atoms with Crippen molar-refractivity contribution in [1.82, 2.24) is 0 Å². The molecule has 0 amide bonds. The summed E-state index contributed by atoms with van der Waals surface area (Å²) in [6.45, 7) is 5.82. The molecule has 4 aliphatic rings. The molecule has 0 spiro atoms. The minimum Gasteiger partial charge on any atom is -0.384 e. The summed E-state index contributed by atoms with van der Waals surface area (Å²) in [5.41, 5.74) is 0.584. The highest BCUT2D eigenvalue weighted by molar-refractivity contribution is 5.87. The van der Waals surface area contributed by atoms with Gasteiger partial charge in [-0.25, -0.2) is 0 Å². The van der Waals surface area contributed by atoms with E-state index < -0.39 is 0 Å². The zero-order chi connectivity index (χ0) is 16.2. The molecule has 7 atom stereocenters. The largest absolute Gasteiger partial charge is 0.384 e. The first-order chi connectivity index (χ1) is 11.0. The summed E-state index contributed by atoms with van der Waals surface area (Å²) >= 11 is 0. The maximum absolute atomic E-state index is 12.5. The maximum atomic E-state index is 12.5. The number of rotatable bonds is 2. The summed E-state index contributed by atoms with van der Waals surface area (Å²) in [4.78, 5) is 12.5. The van der Waals surface area contributed by atoms with Crippen LogP contribution in [0.25, 0.3) is 0 Å². The molecular weight excluding hydrogens is 284 g/mol. The normalized spacial score (nSPS) is 52.7. The number of fused-ring (bicyclic) bond motifs is 5. The molecule has 4 aliphatic carbocycles. The average molecular weight is 319 g/mol. The van der Waals surface area contributed by atoms with E-state index in [-0.39, 0.29) is 5.41 Å². The van der Waals surface area contributed by atoms with Crippen molar-refractivity contribution >= 4 is 5.78 Å². The van der Waals surface area contributed by atoms with E-state index in [1.165, 1.54) is 51.4 Å². The van der Waals surface area contributed by atoms with Crippen LogP contribution in [0.15, 0.2) is 0 Å². The molecule has 0 heterocycles. The molecule has 130 valence electrons. The van der Waals surface area contributed by atoms with Crippen LogP contribution in [0, 0.1) is 40.4 Å². The Kier molecular flexibility index (Phi) is 3.91. The Balaban J connectivity index is 1.55. The summed E-state index contributed by atoms with van der Waals surface area (Å²) in [7, 11) is 1.85. The van der Waals surface area contributed by atoms with E-state index in [1.54, 1.807) is 0 Å². The Labute approximate surface area is 141 Å². The van der Waals surface area contributed by atoms with Gasteiger partial charge in [-0.3, -0.25) is 4.79 Å². The molecule has 0 aliphatic heterocycles.